The molecule has 0 aliphatic rings. The van der Waals surface area contributed by atoms with Crippen LogP contribution in [-0.4, -0.2) is 28.5 Å². The van der Waals surface area contributed by atoms with Gasteiger partial charge in [0.05, 0.1) is 5.51 Å². The molecule has 0 fully saturated rings. The number of aromatic nitrogens is 1. The average Bonchev–Trinajstić information content (AvgIpc) is 2.99. The van der Waals surface area contributed by atoms with Crippen LogP contribution < -0.4 is 15.8 Å². The van der Waals surface area contributed by atoms with Crippen LogP contribution in [0.25, 0.3) is 0 Å². The van der Waals surface area contributed by atoms with Crippen molar-refractivity contribution >= 4 is 28.8 Å². The standard InChI is InChI=1S/C12H12N4O3S/c13-11(16-18)5-19-9-3-1-2-8(4-9)15-12(17)10-6-20-7-14-10/h1-4,6-7,18H,5H2,(H2,13,16)(H,15,17). The lowest BCUT2D eigenvalue weighted by molar-refractivity contribution is 0.102. The fourth-order valence-electron chi connectivity index (χ4n) is 1.37. The summed E-state index contributed by atoms with van der Waals surface area (Å²) in [5.41, 5.74) is 7.82. The minimum absolute atomic E-state index is 0.0399. The van der Waals surface area contributed by atoms with Crippen molar-refractivity contribution in [1.29, 1.82) is 0 Å². The largest absolute Gasteiger partial charge is 0.485 e. The first-order valence-electron chi connectivity index (χ1n) is 5.58. The van der Waals surface area contributed by atoms with E-state index in [1.54, 1.807) is 35.2 Å². The number of oxime groups is 1. The Morgan fingerprint density at radius 2 is 2.40 bits per heavy atom. The van der Waals surface area contributed by atoms with Crippen molar-refractivity contribution in [1.82, 2.24) is 4.98 Å². The van der Waals surface area contributed by atoms with Crippen LogP contribution >= 0.6 is 11.3 Å². The van der Waals surface area contributed by atoms with Crippen molar-refractivity contribution in [3.63, 3.8) is 0 Å². The van der Waals surface area contributed by atoms with E-state index in [9.17, 15) is 4.79 Å². The third-order valence-corrected chi connectivity index (χ3v) is 2.86. The molecule has 1 aromatic carbocycles. The van der Waals surface area contributed by atoms with E-state index in [0.717, 1.165) is 0 Å². The molecule has 0 unspecified atom stereocenters. The molecular formula is C12H12N4O3S. The first-order chi connectivity index (χ1) is 9.69. The molecule has 0 aliphatic heterocycles. The van der Waals surface area contributed by atoms with Crippen molar-refractivity contribution < 1.29 is 14.7 Å². The minimum Gasteiger partial charge on any atom is -0.485 e. The first kappa shape index (κ1) is 13.8. The fourth-order valence-corrected chi connectivity index (χ4v) is 1.90. The van der Waals surface area contributed by atoms with Crippen LogP contribution in [0.1, 0.15) is 10.5 Å². The Morgan fingerprint density at radius 1 is 1.55 bits per heavy atom. The molecule has 0 saturated heterocycles. The van der Waals surface area contributed by atoms with Gasteiger partial charge in [0.15, 0.2) is 5.84 Å². The summed E-state index contributed by atoms with van der Waals surface area (Å²) in [6.07, 6.45) is 0. The molecule has 8 heteroatoms. The SMILES string of the molecule is NC(COc1cccc(NC(=O)c2cscn2)c1)=NO. The van der Waals surface area contributed by atoms with Crippen molar-refractivity contribution in [3.8, 4) is 5.75 Å². The Kier molecular flexibility index (Phi) is 4.51. The van der Waals surface area contributed by atoms with Crippen molar-refractivity contribution in [3.05, 3.63) is 40.8 Å². The number of hydrogen-bond acceptors (Lipinski definition) is 6. The summed E-state index contributed by atoms with van der Waals surface area (Å²) >= 11 is 1.35. The number of amidine groups is 1. The van der Waals surface area contributed by atoms with Gasteiger partial charge in [-0.1, -0.05) is 11.2 Å². The summed E-state index contributed by atoms with van der Waals surface area (Å²) in [5, 5.41) is 15.6. The minimum atomic E-state index is -0.292. The highest BCUT2D eigenvalue weighted by molar-refractivity contribution is 7.07. The maximum atomic E-state index is 11.8. The second-order valence-corrected chi connectivity index (χ2v) is 4.45. The average molecular weight is 292 g/mol. The van der Waals surface area contributed by atoms with Crippen LogP contribution in [0.2, 0.25) is 0 Å². The highest BCUT2D eigenvalue weighted by Gasteiger charge is 2.08. The number of amides is 1. The normalized spacial score (nSPS) is 11.1. The maximum absolute atomic E-state index is 11.8. The summed E-state index contributed by atoms with van der Waals surface area (Å²) in [4.78, 5) is 15.7. The molecule has 0 spiro atoms. The number of nitrogens with two attached hydrogens (primary N) is 1. The number of nitrogens with zero attached hydrogens (tertiary/aromatic N) is 2. The topological polar surface area (TPSA) is 110 Å². The van der Waals surface area contributed by atoms with Crippen molar-refractivity contribution in [2.45, 2.75) is 0 Å². The van der Waals surface area contributed by atoms with Gasteiger partial charge < -0.3 is 21.0 Å². The van der Waals surface area contributed by atoms with E-state index >= 15 is 0 Å². The summed E-state index contributed by atoms with van der Waals surface area (Å²) < 4.78 is 5.29. The van der Waals surface area contributed by atoms with Gasteiger partial charge in [-0.25, -0.2) is 4.98 Å². The van der Waals surface area contributed by atoms with E-state index < -0.39 is 0 Å². The number of anilines is 1. The molecule has 0 saturated carbocycles. The molecule has 7 nitrogen and oxygen atoms in total. The lowest BCUT2D eigenvalue weighted by Gasteiger charge is -2.07. The van der Waals surface area contributed by atoms with Crippen LogP contribution in [0.3, 0.4) is 0 Å². The molecule has 0 radical (unpaired) electrons. The number of carbonyl (C=O) groups is 1. The van der Waals surface area contributed by atoms with Gasteiger partial charge in [0.25, 0.3) is 5.91 Å². The number of thiazole rings is 1. The molecule has 2 rings (SSSR count). The van der Waals surface area contributed by atoms with E-state index in [1.807, 2.05) is 0 Å². The van der Waals surface area contributed by atoms with Gasteiger partial charge in [-0.3, -0.25) is 4.79 Å². The number of hydrogen-bond donors (Lipinski definition) is 3. The van der Waals surface area contributed by atoms with E-state index in [-0.39, 0.29) is 18.3 Å². The Morgan fingerprint density at radius 3 is 3.10 bits per heavy atom. The van der Waals surface area contributed by atoms with Crippen LogP contribution in [-0.2, 0) is 0 Å². The van der Waals surface area contributed by atoms with Gasteiger partial charge in [0.1, 0.15) is 18.1 Å². The van der Waals surface area contributed by atoms with Gasteiger partial charge in [-0.15, -0.1) is 11.3 Å². The van der Waals surface area contributed by atoms with Gasteiger partial charge >= 0.3 is 0 Å². The molecule has 1 heterocycles. The molecular weight excluding hydrogens is 280 g/mol. The predicted molar refractivity (Wildman–Crippen MR) is 75.4 cm³/mol. The predicted octanol–water partition coefficient (Wildman–Crippen LogP) is 1.52. The smallest absolute Gasteiger partial charge is 0.275 e. The van der Waals surface area contributed by atoms with Crippen LogP contribution in [0.4, 0.5) is 5.69 Å². The van der Waals surface area contributed by atoms with Gasteiger partial charge in [0, 0.05) is 17.1 Å². The second-order valence-electron chi connectivity index (χ2n) is 3.74. The molecule has 104 valence electrons. The number of rotatable bonds is 5. The van der Waals surface area contributed by atoms with Crippen molar-refractivity contribution in [2.75, 3.05) is 11.9 Å². The van der Waals surface area contributed by atoms with Crippen LogP contribution in [0, 0.1) is 0 Å². The zero-order chi connectivity index (χ0) is 14.4. The molecule has 0 aliphatic carbocycles. The Bertz CT molecular complexity index is 613. The molecule has 1 aromatic heterocycles. The Labute approximate surface area is 118 Å². The monoisotopic (exact) mass is 292 g/mol. The molecule has 20 heavy (non-hydrogen) atoms. The molecule has 0 bridgehead atoms. The van der Waals surface area contributed by atoms with E-state index in [1.165, 1.54) is 11.3 Å². The molecule has 2 aromatic rings. The third-order valence-electron chi connectivity index (χ3n) is 2.27. The quantitative estimate of drug-likeness (QED) is 0.335. The lowest BCUT2D eigenvalue weighted by Crippen LogP contribution is -2.20. The summed E-state index contributed by atoms with van der Waals surface area (Å²) in [5.74, 6) is 0.162. The fraction of sp³-hybridized carbons (Fsp3) is 0.0833. The highest BCUT2D eigenvalue weighted by Crippen LogP contribution is 2.18. The van der Waals surface area contributed by atoms with E-state index in [4.69, 9.17) is 15.7 Å². The number of nitrogens with one attached hydrogen (secondary N) is 1. The van der Waals surface area contributed by atoms with Gasteiger partial charge in [-0.2, -0.15) is 0 Å². The number of carbonyl (C=O) groups excluding carboxylic acids is 1. The Balaban J connectivity index is 2.01. The third kappa shape index (κ3) is 3.69. The Hall–Kier alpha value is -2.61. The second kappa shape index (κ2) is 6.53. The summed E-state index contributed by atoms with van der Waals surface area (Å²) in [7, 11) is 0. The zero-order valence-corrected chi connectivity index (χ0v) is 11.1. The molecule has 1 amide bonds. The molecule has 0 atom stereocenters. The molecule has 4 N–H and O–H groups in total. The van der Waals surface area contributed by atoms with E-state index in [0.29, 0.717) is 17.1 Å². The summed E-state index contributed by atoms with van der Waals surface area (Å²) in [6, 6.07) is 6.77. The summed E-state index contributed by atoms with van der Waals surface area (Å²) in [6.45, 7) is -0.0417. The van der Waals surface area contributed by atoms with Crippen LogP contribution in [0.15, 0.2) is 40.3 Å². The van der Waals surface area contributed by atoms with Crippen molar-refractivity contribution in [2.24, 2.45) is 10.9 Å². The highest BCUT2D eigenvalue weighted by atomic mass is 32.1. The first-order valence-corrected chi connectivity index (χ1v) is 6.52. The maximum Gasteiger partial charge on any atom is 0.275 e. The lowest BCUT2D eigenvalue weighted by atomic mass is 10.3. The zero-order valence-electron chi connectivity index (χ0n) is 10.3. The van der Waals surface area contributed by atoms with Crippen LogP contribution in [0.5, 0.6) is 5.75 Å². The number of ether oxygens (including phenoxy) is 1. The number of benzene rings is 1. The van der Waals surface area contributed by atoms with Gasteiger partial charge in [-0.05, 0) is 12.1 Å². The van der Waals surface area contributed by atoms with Gasteiger partial charge in [0.2, 0.25) is 0 Å². The van der Waals surface area contributed by atoms with E-state index in [2.05, 4.69) is 15.5 Å².